The maximum absolute atomic E-state index is 12.7. The smallest absolute Gasteiger partial charge is 0.272 e. The van der Waals surface area contributed by atoms with E-state index in [2.05, 4.69) is 20.3 Å². The fourth-order valence-corrected chi connectivity index (χ4v) is 5.06. The van der Waals surface area contributed by atoms with E-state index < -0.39 is 10.0 Å². The predicted octanol–water partition coefficient (Wildman–Crippen LogP) is 1.32. The second-order valence-electron chi connectivity index (χ2n) is 7.05. The summed E-state index contributed by atoms with van der Waals surface area (Å²) in [5.41, 5.74) is 2.45. The van der Waals surface area contributed by atoms with Crippen molar-refractivity contribution >= 4 is 15.9 Å². The Labute approximate surface area is 168 Å². The first kappa shape index (κ1) is 19.3. The van der Waals surface area contributed by atoms with Crippen LogP contribution in [0.15, 0.2) is 45.8 Å². The molecule has 3 aromatic rings. The molecule has 2 N–H and O–H groups in total. The number of aryl methyl sites for hydroxylation is 2. The summed E-state index contributed by atoms with van der Waals surface area (Å²) >= 11 is 0. The number of hydrogen-bond donors (Lipinski definition) is 2. The number of benzene rings is 1. The maximum Gasteiger partial charge on any atom is 0.272 e. The van der Waals surface area contributed by atoms with Crippen LogP contribution in [0, 0.1) is 13.8 Å². The lowest BCUT2D eigenvalue weighted by molar-refractivity contribution is 0.0945. The average molecular weight is 415 g/mol. The van der Waals surface area contributed by atoms with Crippen molar-refractivity contribution in [3.63, 3.8) is 0 Å². The van der Waals surface area contributed by atoms with Crippen LogP contribution in [-0.4, -0.2) is 35.3 Å². The predicted molar refractivity (Wildman–Crippen MR) is 104 cm³/mol. The van der Waals surface area contributed by atoms with Gasteiger partial charge in [-0.05, 0) is 25.5 Å². The van der Waals surface area contributed by atoms with E-state index >= 15 is 0 Å². The van der Waals surface area contributed by atoms with E-state index in [-0.39, 0.29) is 22.6 Å². The number of carbonyl (C=O) groups is 1. The fraction of sp³-hybridized carbons (Fsp3) is 0.316. The van der Waals surface area contributed by atoms with Gasteiger partial charge >= 0.3 is 0 Å². The molecule has 4 rings (SSSR count). The van der Waals surface area contributed by atoms with Gasteiger partial charge in [0.15, 0.2) is 5.76 Å². The minimum Gasteiger partial charge on any atom is -0.360 e. The normalized spacial score (nSPS) is 16.0. The number of amides is 1. The van der Waals surface area contributed by atoms with Crippen molar-refractivity contribution < 1.29 is 17.7 Å². The van der Waals surface area contributed by atoms with Gasteiger partial charge in [0.2, 0.25) is 10.0 Å². The average Bonchev–Trinajstić information content (AvgIpc) is 3.33. The molecule has 1 aliphatic heterocycles. The van der Waals surface area contributed by atoms with Crippen molar-refractivity contribution in [3.8, 4) is 0 Å². The van der Waals surface area contributed by atoms with Crippen LogP contribution >= 0.6 is 0 Å². The summed E-state index contributed by atoms with van der Waals surface area (Å²) in [5, 5.41) is 10.9. The Balaban J connectivity index is 1.39. The number of hydrogen-bond acceptors (Lipinski definition) is 6. The molecular formula is C19H21N5O4S. The monoisotopic (exact) mass is 415 g/mol. The van der Waals surface area contributed by atoms with Crippen LogP contribution < -0.4 is 10.0 Å². The van der Waals surface area contributed by atoms with Gasteiger partial charge in [-0.25, -0.2) is 13.1 Å². The third kappa shape index (κ3) is 3.94. The lowest BCUT2D eigenvalue weighted by atomic mass is 10.2. The van der Waals surface area contributed by atoms with Gasteiger partial charge in [-0.1, -0.05) is 35.5 Å². The minimum absolute atomic E-state index is 0.0722. The second-order valence-corrected chi connectivity index (χ2v) is 8.70. The number of nitrogens with zero attached hydrogens (tertiary/aromatic N) is 3. The van der Waals surface area contributed by atoms with Gasteiger partial charge in [-0.15, -0.1) is 0 Å². The first-order chi connectivity index (χ1) is 13.8. The zero-order valence-corrected chi connectivity index (χ0v) is 16.9. The van der Waals surface area contributed by atoms with Crippen molar-refractivity contribution in [1.29, 1.82) is 0 Å². The molecule has 2 aromatic heterocycles. The highest BCUT2D eigenvalue weighted by atomic mass is 32.2. The molecule has 0 fully saturated rings. The molecule has 152 valence electrons. The maximum atomic E-state index is 12.7. The summed E-state index contributed by atoms with van der Waals surface area (Å²) < 4.78 is 34.6. The molecular weight excluding hydrogens is 394 g/mol. The largest absolute Gasteiger partial charge is 0.360 e. The number of nitrogens with one attached hydrogen (secondary N) is 2. The molecule has 0 radical (unpaired) electrons. The summed E-state index contributed by atoms with van der Waals surface area (Å²) in [6.07, 6.45) is 0.446. The summed E-state index contributed by atoms with van der Waals surface area (Å²) in [6, 6.07) is 11.0. The van der Waals surface area contributed by atoms with Crippen molar-refractivity contribution in [2.75, 3.05) is 0 Å². The highest BCUT2D eigenvalue weighted by Gasteiger charge is 2.31. The molecule has 1 aromatic carbocycles. The topological polar surface area (TPSA) is 119 Å². The van der Waals surface area contributed by atoms with Gasteiger partial charge < -0.3 is 9.84 Å². The molecule has 0 bridgehead atoms. The summed E-state index contributed by atoms with van der Waals surface area (Å²) in [4.78, 5) is 12.4. The highest BCUT2D eigenvalue weighted by Crippen LogP contribution is 2.22. The Morgan fingerprint density at radius 3 is 2.69 bits per heavy atom. The van der Waals surface area contributed by atoms with Gasteiger partial charge in [0.25, 0.3) is 5.91 Å². The van der Waals surface area contributed by atoms with Gasteiger partial charge in [0, 0.05) is 24.7 Å². The molecule has 1 amide bonds. The number of sulfonamides is 1. The Morgan fingerprint density at radius 1 is 1.28 bits per heavy atom. The van der Waals surface area contributed by atoms with Crippen molar-refractivity contribution in [2.45, 2.75) is 44.3 Å². The molecule has 1 atom stereocenters. The van der Waals surface area contributed by atoms with Gasteiger partial charge in [0.05, 0.1) is 6.54 Å². The summed E-state index contributed by atoms with van der Waals surface area (Å²) in [7, 11) is -3.75. The van der Waals surface area contributed by atoms with E-state index in [0.717, 1.165) is 11.3 Å². The van der Waals surface area contributed by atoms with Crippen molar-refractivity contribution in [1.82, 2.24) is 25.0 Å². The molecule has 1 unspecified atom stereocenters. The third-order valence-electron chi connectivity index (χ3n) is 4.80. The van der Waals surface area contributed by atoms with E-state index in [1.165, 1.54) is 0 Å². The van der Waals surface area contributed by atoms with Crippen LogP contribution in [0.3, 0.4) is 0 Å². The Morgan fingerprint density at radius 2 is 2.03 bits per heavy atom. The zero-order chi connectivity index (χ0) is 20.6. The van der Waals surface area contributed by atoms with Crippen LogP contribution in [0.25, 0.3) is 0 Å². The molecule has 0 saturated carbocycles. The molecule has 29 heavy (non-hydrogen) atoms. The van der Waals surface area contributed by atoms with E-state index in [9.17, 15) is 13.2 Å². The first-order valence-electron chi connectivity index (χ1n) is 9.17. The fourth-order valence-electron chi connectivity index (χ4n) is 3.50. The molecule has 3 heterocycles. The third-order valence-corrected chi connectivity index (χ3v) is 6.56. The Bertz CT molecular complexity index is 1110. The lowest BCUT2D eigenvalue weighted by Gasteiger charge is -2.12. The summed E-state index contributed by atoms with van der Waals surface area (Å²) in [6.45, 7) is 3.92. The lowest BCUT2D eigenvalue weighted by Crippen LogP contribution is -2.36. The van der Waals surface area contributed by atoms with E-state index in [1.54, 1.807) is 24.6 Å². The Kier molecular flexibility index (Phi) is 4.97. The van der Waals surface area contributed by atoms with Crippen LogP contribution in [0.4, 0.5) is 0 Å². The second kappa shape index (κ2) is 7.45. The molecule has 0 spiro atoms. The number of rotatable bonds is 6. The SMILES string of the molecule is Cc1noc(C)c1S(=O)(=O)NC1Cc2cc(C(=O)NCc3ccccc3)nn2C1. The molecule has 0 aliphatic carbocycles. The van der Waals surface area contributed by atoms with Gasteiger partial charge in [-0.3, -0.25) is 9.48 Å². The quantitative estimate of drug-likeness (QED) is 0.627. The Hall–Kier alpha value is -2.98. The van der Waals surface area contributed by atoms with E-state index in [1.807, 2.05) is 30.3 Å². The number of aromatic nitrogens is 3. The van der Waals surface area contributed by atoms with E-state index in [4.69, 9.17) is 4.52 Å². The minimum atomic E-state index is -3.75. The van der Waals surface area contributed by atoms with Gasteiger partial charge in [-0.2, -0.15) is 5.10 Å². The van der Waals surface area contributed by atoms with Crippen molar-refractivity contribution in [3.05, 3.63) is 64.8 Å². The van der Waals surface area contributed by atoms with Crippen LogP contribution in [-0.2, 0) is 29.5 Å². The zero-order valence-electron chi connectivity index (χ0n) is 16.0. The molecule has 1 aliphatic rings. The van der Waals surface area contributed by atoms with Crippen LogP contribution in [0.1, 0.15) is 33.2 Å². The molecule has 10 heteroatoms. The van der Waals surface area contributed by atoms with Crippen LogP contribution in [0.2, 0.25) is 0 Å². The molecule has 9 nitrogen and oxygen atoms in total. The number of fused-ring (bicyclic) bond motifs is 1. The number of carbonyl (C=O) groups excluding carboxylic acids is 1. The van der Waals surface area contributed by atoms with Crippen molar-refractivity contribution in [2.24, 2.45) is 0 Å². The summed E-state index contributed by atoms with van der Waals surface area (Å²) in [5.74, 6) is -0.00767. The van der Waals surface area contributed by atoms with E-state index in [0.29, 0.717) is 30.9 Å². The van der Waals surface area contributed by atoms with Crippen LogP contribution in [0.5, 0.6) is 0 Å². The first-order valence-corrected chi connectivity index (χ1v) is 10.7. The highest BCUT2D eigenvalue weighted by molar-refractivity contribution is 7.89. The van der Waals surface area contributed by atoms with Gasteiger partial charge in [0.1, 0.15) is 16.3 Å². The molecule has 0 saturated heterocycles. The standard InChI is InChI=1S/C19H21N5O4S/c1-12-18(13(2)28-22-12)29(26,27)23-15-8-16-9-17(21-24(16)11-15)19(25)20-10-14-6-4-3-5-7-14/h3-7,9,15,23H,8,10-11H2,1-2H3,(H,20,25).